The van der Waals surface area contributed by atoms with Crippen molar-refractivity contribution in [3.05, 3.63) is 30.2 Å². The molecule has 4 heteroatoms. The molecular weight excluding hydrogens is 194 g/mol. The van der Waals surface area contributed by atoms with Crippen LogP contribution in [0.25, 0.3) is 11.1 Å². The van der Waals surface area contributed by atoms with Crippen LogP contribution in [0, 0.1) is 0 Å². The van der Waals surface area contributed by atoms with Crippen LogP contribution in [0.3, 0.4) is 0 Å². The van der Waals surface area contributed by atoms with Crippen molar-refractivity contribution in [1.82, 2.24) is 4.98 Å². The zero-order chi connectivity index (χ0) is 10.7. The second kappa shape index (κ2) is 4.13. The van der Waals surface area contributed by atoms with Gasteiger partial charge in [-0.05, 0) is 24.1 Å². The average molecular weight is 205 g/mol. The second-order valence-electron chi connectivity index (χ2n) is 3.23. The number of oxazole rings is 1. The van der Waals surface area contributed by atoms with E-state index >= 15 is 0 Å². The molecule has 2 rings (SSSR count). The number of rotatable bonds is 3. The summed E-state index contributed by atoms with van der Waals surface area (Å²) in [6.07, 6.45) is 2.46. The van der Waals surface area contributed by atoms with Gasteiger partial charge >= 0.3 is 5.97 Å². The number of aromatic nitrogens is 1. The Balaban J connectivity index is 2.11. The number of nitrogens with zero attached hydrogens (tertiary/aromatic N) is 1. The maximum absolute atomic E-state index is 10.9. The SMILES string of the molecule is COC(=O)CCc1ccc2ocnc2c1. The Bertz CT molecular complexity index is 475. The van der Waals surface area contributed by atoms with E-state index in [1.807, 2.05) is 18.2 Å². The third-order valence-corrected chi connectivity index (χ3v) is 2.24. The van der Waals surface area contributed by atoms with Crippen molar-refractivity contribution in [1.29, 1.82) is 0 Å². The smallest absolute Gasteiger partial charge is 0.305 e. The van der Waals surface area contributed by atoms with Crippen LogP contribution >= 0.6 is 0 Å². The van der Waals surface area contributed by atoms with Crippen molar-refractivity contribution in [2.24, 2.45) is 0 Å². The molecule has 0 fully saturated rings. The summed E-state index contributed by atoms with van der Waals surface area (Å²) in [5, 5.41) is 0. The number of aryl methyl sites for hydroxylation is 1. The van der Waals surface area contributed by atoms with Crippen molar-refractivity contribution >= 4 is 17.1 Å². The lowest BCUT2D eigenvalue weighted by Crippen LogP contribution is -2.01. The van der Waals surface area contributed by atoms with E-state index in [0.717, 1.165) is 16.7 Å². The highest BCUT2D eigenvalue weighted by Gasteiger charge is 2.03. The van der Waals surface area contributed by atoms with E-state index in [1.165, 1.54) is 13.5 Å². The first-order valence-corrected chi connectivity index (χ1v) is 4.68. The fraction of sp³-hybridized carbons (Fsp3) is 0.273. The Labute approximate surface area is 86.9 Å². The first-order chi connectivity index (χ1) is 7.29. The predicted octanol–water partition coefficient (Wildman–Crippen LogP) is 1.93. The molecule has 1 heterocycles. The number of methoxy groups -OCH3 is 1. The van der Waals surface area contributed by atoms with Gasteiger partial charge in [-0.25, -0.2) is 4.98 Å². The molecule has 0 saturated heterocycles. The maximum atomic E-state index is 10.9. The molecule has 0 aliphatic carbocycles. The lowest BCUT2D eigenvalue weighted by Gasteiger charge is -1.99. The molecule has 0 radical (unpaired) electrons. The third-order valence-electron chi connectivity index (χ3n) is 2.24. The largest absolute Gasteiger partial charge is 0.469 e. The first-order valence-electron chi connectivity index (χ1n) is 4.68. The first kappa shape index (κ1) is 9.71. The van der Waals surface area contributed by atoms with E-state index < -0.39 is 0 Å². The van der Waals surface area contributed by atoms with Gasteiger partial charge < -0.3 is 9.15 Å². The molecule has 0 N–H and O–H groups in total. The lowest BCUT2D eigenvalue weighted by molar-refractivity contribution is -0.140. The molecule has 1 aromatic heterocycles. The molecule has 78 valence electrons. The standard InChI is InChI=1S/C11H11NO3/c1-14-11(13)5-3-8-2-4-10-9(6-8)12-7-15-10/h2,4,6-7H,3,5H2,1H3. The molecule has 0 aliphatic heterocycles. The Hall–Kier alpha value is -1.84. The average Bonchev–Trinajstić information content (AvgIpc) is 2.72. The van der Waals surface area contributed by atoms with E-state index in [4.69, 9.17) is 4.42 Å². The molecule has 0 saturated carbocycles. The number of hydrogen-bond donors (Lipinski definition) is 0. The van der Waals surface area contributed by atoms with Crippen molar-refractivity contribution in [2.45, 2.75) is 12.8 Å². The lowest BCUT2D eigenvalue weighted by atomic mass is 10.1. The number of esters is 1. The minimum absolute atomic E-state index is 0.199. The summed E-state index contributed by atoms with van der Waals surface area (Å²) in [5.74, 6) is -0.199. The van der Waals surface area contributed by atoms with Crippen LogP contribution in [-0.2, 0) is 16.0 Å². The number of benzene rings is 1. The number of carbonyl (C=O) groups excluding carboxylic acids is 1. The number of fused-ring (bicyclic) bond motifs is 1. The van der Waals surface area contributed by atoms with Gasteiger partial charge in [-0.3, -0.25) is 4.79 Å². The van der Waals surface area contributed by atoms with Gasteiger partial charge in [0.25, 0.3) is 0 Å². The highest BCUT2D eigenvalue weighted by molar-refractivity contribution is 5.73. The van der Waals surface area contributed by atoms with E-state index in [2.05, 4.69) is 9.72 Å². The summed E-state index contributed by atoms with van der Waals surface area (Å²) in [6, 6.07) is 5.70. The molecule has 0 unspecified atom stereocenters. The molecule has 0 spiro atoms. The van der Waals surface area contributed by atoms with Gasteiger partial charge in [0, 0.05) is 6.42 Å². The second-order valence-corrected chi connectivity index (χ2v) is 3.23. The van der Waals surface area contributed by atoms with Gasteiger partial charge in [0.15, 0.2) is 12.0 Å². The normalized spacial score (nSPS) is 10.5. The van der Waals surface area contributed by atoms with Crippen LogP contribution in [0.15, 0.2) is 29.0 Å². The van der Waals surface area contributed by atoms with Gasteiger partial charge in [-0.2, -0.15) is 0 Å². The zero-order valence-electron chi connectivity index (χ0n) is 8.40. The summed E-state index contributed by atoms with van der Waals surface area (Å²) < 4.78 is 9.69. The molecular formula is C11H11NO3. The van der Waals surface area contributed by atoms with Crippen LogP contribution in [0.5, 0.6) is 0 Å². The summed E-state index contributed by atoms with van der Waals surface area (Å²) in [6.45, 7) is 0. The van der Waals surface area contributed by atoms with Crippen LogP contribution in [0.2, 0.25) is 0 Å². The molecule has 0 amide bonds. The molecule has 0 aliphatic rings. The van der Waals surface area contributed by atoms with Crippen LogP contribution in [-0.4, -0.2) is 18.1 Å². The zero-order valence-corrected chi connectivity index (χ0v) is 8.40. The molecule has 0 bridgehead atoms. The summed E-state index contributed by atoms with van der Waals surface area (Å²) in [4.78, 5) is 15.0. The van der Waals surface area contributed by atoms with E-state index in [9.17, 15) is 4.79 Å². The van der Waals surface area contributed by atoms with Gasteiger partial charge in [0.1, 0.15) is 5.52 Å². The summed E-state index contributed by atoms with van der Waals surface area (Å²) in [7, 11) is 1.39. The number of hydrogen-bond acceptors (Lipinski definition) is 4. The Kier molecular flexibility index (Phi) is 2.67. The van der Waals surface area contributed by atoms with Gasteiger partial charge in [-0.15, -0.1) is 0 Å². The number of carbonyl (C=O) groups is 1. The quantitative estimate of drug-likeness (QED) is 0.718. The monoisotopic (exact) mass is 205 g/mol. The number of ether oxygens (including phenoxy) is 1. The van der Waals surface area contributed by atoms with Crippen LogP contribution in [0.1, 0.15) is 12.0 Å². The minimum atomic E-state index is -0.199. The van der Waals surface area contributed by atoms with E-state index in [-0.39, 0.29) is 5.97 Å². The van der Waals surface area contributed by atoms with Crippen LogP contribution in [0.4, 0.5) is 0 Å². The van der Waals surface area contributed by atoms with Gasteiger partial charge in [-0.1, -0.05) is 6.07 Å². The van der Waals surface area contributed by atoms with Crippen molar-refractivity contribution in [3.8, 4) is 0 Å². The fourth-order valence-corrected chi connectivity index (χ4v) is 1.41. The molecule has 1 aromatic carbocycles. The maximum Gasteiger partial charge on any atom is 0.305 e. The Morgan fingerprint density at radius 3 is 3.20 bits per heavy atom. The Morgan fingerprint density at radius 2 is 2.40 bits per heavy atom. The third kappa shape index (κ3) is 2.15. The summed E-state index contributed by atoms with van der Waals surface area (Å²) in [5.41, 5.74) is 2.64. The van der Waals surface area contributed by atoms with Gasteiger partial charge in [0.2, 0.25) is 0 Å². The van der Waals surface area contributed by atoms with E-state index in [1.54, 1.807) is 0 Å². The van der Waals surface area contributed by atoms with Gasteiger partial charge in [0.05, 0.1) is 7.11 Å². The molecule has 15 heavy (non-hydrogen) atoms. The molecule has 0 atom stereocenters. The fourth-order valence-electron chi connectivity index (χ4n) is 1.41. The van der Waals surface area contributed by atoms with Crippen molar-refractivity contribution in [3.63, 3.8) is 0 Å². The highest BCUT2D eigenvalue weighted by atomic mass is 16.5. The minimum Gasteiger partial charge on any atom is -0.469 e. The predicted molar refractivity (Wildman–Crippen MR) is 54.3 cm³/mol. The molecule has 4 nitrogen and oxygen atoms in total. The summed E-state index contributed by atoms with van der Waals surface area (Å²) >= 11 is 0. The Morgan fingerprint density at radius 1 is 1.53 bits per heavy atom. The van der Waals surface area contributed by atoms with Crippen LogP contribution < -0.4 is 0 Å². The van der Waals surface area contributed by atoms with Crippen molar-refractivity contribution < 1.29 is 13.9 Å². The van der Waals surface area contributed by atoms with Crippen molar-refractivity contribution in [2.75, 3.05) is 7.11 Å². The van der Waals surface area contributed by atoms with E-state index in [0.29, 0.717) is 12.8 Å². The highest BCUT2D eigenvalue weighted by Crippen LogP contribution is 2.15. The molecule has 2 aromatic rings. The topological polar surface area (TPSA) is 52.3 Å².